The molecule has 0 saturated heterocycles. The Balaban J connectivity index is 3.08. The molecule has 3 heteroatoms. The monoisotopic (exact) mass is 225 g/mol. The molecule has 14 heavy (non-hydrogen) atoms. The molecule has 0 saturated carbocycles. The van der Waals surface area contributed by atoms with Crippen LogP contribution in [-0.2, 0) is 12.8 Å². The van der Waals surface area contributed by atoms with Crippen molar-refractivity contribution in [3.8, 4) is 0 Å². The Kier molecular flexibility index (Phi) is 4.42. The molecule has 0 bridgehead atoms. The van der Waals surface area contributed by atoms with Gasteiger partial charge in [0.1, 0.15) is 4.32 Å². The summed E-state index contributed by atoms with van der Waals surface area (Å²) in [5, 5.41) is 0. The maximum Gasteiger partial charge on any atom is 0.136 e. The fourth-order valence-corrected chi connectivity index (χ4v) is 2.58. The molecule has 0 spiro atoms. The number of nitrogens with two attached hydrogens (primary N) is 1. The fourth-order valence-electron chi connectivity index (χ4n) is 1.55. The summed E-state index contributed by atoms with van der Waals surface area (Å²) in [7, 11) is 0. The van der Waals surface area contributed by atoms with E-state index in [0.29, 0.717) is 4.32 Å². The number of thiocarbonyl (C=S) groups is 1. The normalized spacial score (nSPS) is 10.1. The molecule has 0 heterocycles. The van der Waals surface area contributed by atoms with Gasteiger partial charge in [0, 0.05) is 4.90 Å². The molecule has 0 fully saturated rings. The van der Waals surface area contributed by atoms with Gasteiger partial charge in [0.05, 0.1) is 0 Å². The molecule has 2 N–H and O–H groups in total. The van der Waals surface area contributed by atoms with Crippen molar-refractivity contribution >= 4 is 28.3 Å². The first-order valence-electron chi connectivity index (χ1n) is 4.77. The average Bonchev–Trinajstić information content (AvgIpc) is 2.16. The van der Waals surface area contributed by atoms with Crippen molar-refractivity contribution in [3.63, 3.8) is 0 Å². The van der Waals surface area contributed by atoms with Crippen LogP contribution in [-0.4, -0.2) is 4.32 Å². The summed E-state index contributed by atoms with van der Waals surface area (Å²) in [6, 6.07) is 6.32. The lowest BCUT2D eigenvalue weighted by Gasteiger charge is -2.10. The maximum absolute atomic E-state index is 5.53. The van der Waals surface area contributed by atoms with Crippen molar-refractivity contribution in [1.29, 1.82) is 0 Å². The van der Waals surface area contributed by atoms with Crippen molar-refractivity contribution < 1.29 is 0 Å². The van der Waals surface area contributed by atoms with Gasteiger partial charge in [-0.05, 0) is 30.0 Å². The zero-order valence-corrected chi connectivity index (χ0v) is 10.2. The summed E-state index contributed by atoms with van der Waals surface area (Å²) in [6.07, 6.45) is 2.10. The van der Waals surface area contributed by atoms with Crippen molar-refractivity contribution in [2.75, 3.05) is 0 Å². The Morgan fingerprint density at radius 2 is 2.07 bits per heavy atom. The Hall–Kier alpha value is -0.540. The van der Waals surface area contributed by atoms with Crippen LogP contribution in [0.25, 0.3) is 0 Å². The zero-order valence-electron chi connectivity index (χ0n) is 8.54. The van der Waals surface area contributed by atoms with Crippen LogP contribution in [0.15, 0.2) is 23.1 Å². The lowest BCUT2D eigenvalue weighted by atomic mass is 10.0. The minimum Gasteiger partial charge on any atom is -0.384 e. The average molecular weight is 225 g/mol. The highest BCUT2D eigenvalue weighted by Crippen LogP contribution is 2.26. The van der Waals surface area contributed by atoms with E-state index < -0.39 is 0 Å². The van der Waals surface area contributed by atoms with E-state index >= 15 is 0 Å². The quantitative estimate of drug-likeness (QED) is 0.632. The fraction of sp³-hybridized carbons (Fsp3) is 0.364. The molecule has 0 aromatic heterocycles. The number of hydrogen-bond donors (Lipinski definition) is 1. The van der Waals surface area contributed by atoms with Crippen LogP contribution in [0.4, 0.5) is 0 Å². The minimum atomic E-state index is 0.493. The van der Waals surface area contributed by atoms with Gasteiger partial charge in [-0.25, -0.2) is 0 Å². The van der Waals surface area contributed by atoms with Crippen LogP contribution >= 0.6 is 24.0 Å². The predicted octanol–water partition coefficient (Wildman–Crippen LogP) is 3.15. The van der Waals surface area contributed by atoms with Gasteiger partial charge in [0.2, 0.25) is 0 Å². The van der Waals surface area contributed by atoms with Gasteiger partial charge in [-0.3, -0.25) is 0 Å². The van der Waals surface area contributed by atoms with Crippen LogP contribution < -0.4 is 5.73 Å². The van der Waals surface area contributed by atoms with Gasteiger partial charge in [-0.2, -0.15) is 0 Å². The molecular formula is C11H15NS2. The molecule has 1 nitrogen and oxygen atoms in total. The first kappa shape index (κ1) is 11.5. The largest absolute Gasteiger partial charge is 0.384 e. The van der Waals surface area contributed by atoms with E-state index in [4.69, 9.17) is 18.0 Å². The predicted molar refractivity (Wildman–Crippen MR) is 67.8 cm³/mol. The van der Waals surface area contributed by atoms with Crippen LogP contribution in [0.2, 0.25) is 0 Å². The molecule has 0 unspecified atom stereocenters. The van der Waals surface area contributed by atoms with Gasteiger partial charge in [-0.1, -0.05) is 50.0 Å². The number of thioether (sulfide) groups is 1. The Morgan fingerprint density at radius 1 is 1.36 bits per heavy atom. The van der Waals surface area contributed by atoms with Gasteiger partial charge in [-0.15, -0.1) is 0 Å². The second-order valence-electron chi connectivity index (χ2n) is 3.02. The molecule has 0 aliphatic rings. The summed E-state index contributed by atoms with van der Waals surface area (Å²) >= 11 is 6.39. The van der Waals surface area contributed by atoms with E-state index in [-0.39, 0.29) is 0 Å². The lowest BCUT2D eigenvalue weighted by molar-refractivity contribution is 0.999. The number of benzene rings is 1. The summed E-state index contributed by atoms with van der Waals surface area (Å²) in [5.41, 5.74) is 8.31. The van der Waals surface area contributed by atoms with Crippen molar-refractivity contribution in [1.82, 2.24) is 0 Å². The Morgan fingerprint density at radius 3 is 2.57 bits per heavy atom. The zero-order chi connectivity index (χ0) is 10.6. The Labute approximate surface area is 95.1 Å². The highest BCUT2D eigenvalue weighted by Gasteiger charge is 2.06. The third-order valence-corrected chi connectivity index (χ3v) is 3.23. The smallest absolute Gasteiger partial charge is 0.136 e. The van der Waals surface area contributed by atoms with Crippen molar-refractivity contribution in [2.45, 2.75) is 31.6 Å². The lowest BCUT2D eigenvalue weighted by Crippen LogP contribution is -2.03. The highest BCUT2D eigenvalue weighted by molar-refractivity contribution is 8.23. The molecule has 1 rings (SSSR count). The van der Waals surface area contributed by atoms with Gasteiger partial charge in [0.25, 0.3) is 0 Å². The molecule has 0 radical (unpaired) electrons. The third kappa shape index (κ3) is 2.72. The SMILES string of the molecule is CCc1cccc(SC(N)=S)c1CC. The first-order chi connectivity index (χ1) is 6.69. The molecule has 0 atom stereocenters. The summed E-state index contributed by atoms with van der Waals surface area (Å²) < 4.78 is 0.493. The van der Waals surface area contributed by atoms with Crippen LogP contribution in [0.3, 0.4) is 0 Å². The molecule has 0 amide bonds. The summed E-state index contributed by atoms with van der Waals surface area (Å²) in [5.74, 6) is 0. The van der Waals surface area contributed by atoms with E-state index in [9.17, 15) is 0 Å². The Bertz CT molecular complexity index is 334. The third-order valence-electron chi connectivity index (χ3n) is 2.18. The van der Waals surface area contributed by atoms with E-state index in [0.717, 1.165) is 12.8 Å². The molecule has 1 aromatic rings. The van der Waals surface area contributed by atoms with E-state index in [1.807, 2.05) is 0 Å². The van der Waals surface area contributed by atoms with E-state index in [1.165, 1.54) is 27.8 Å². The molecular weight excluding hydrogens is 210 g/mol. The van der Waals surface area contributed by atoms with Crippen LogP contribution in [0.1, 0.15) is 25.0 Å². The van der Waals surface area contributed by atoms with Gasteiger partial charge < -0.3 is 5.73 Å². The first-order valence-corrected chi connectivity index (χ1v) is 5.99. The summed E-state index contributed by atoms with van der Waals surface area (Å²) in [6.45, 7) is 4.34. The van der Waals surface area contributed by atoms with Gasteiger partial charge >= 0.3 is 0 Å². The number of rotatable bonds is 3. The minimum absolute atomic E-state index is 0.493. The van der Waals surface area contributed by atoms with E-state index in [1.54, 1.807) is 0 Å². The second kappa shape index (κ2) is 5.37. The molecule has 1 aromatic carbocycles. The highest BCUT2D eigenvalue weighted by atomic mass is 32.2. The molecule has 0 aliphatic heterocycles. The van der Waals surface area contributed by atoms with Crippen LogP contribution in [0.5, 0.6) is 0 Å². The topological polar surface area (TPSA) is 26.0 Å². The summed E-state index contributed by atoms with van der Waals surface area (Å²) in [4.78, 5) is 1.21. The standard InChI is InChI=1S/C11H15NS2/c1-3-8-6-5-7-10(9(8)4-2)14-11(12)13/h5-7H,3-4H2,1-2H3,(H2,12,13). The number of hydrogen-bond acceptors (Lipinski definition) is 2. The van der Waals surface area contributed by atoms with Crippen molar-refractivity contribution in [3.05, 3.63) is 29.3 Å². The second-order valence-corrected chi connectivity index (χ2v) is 4.80. The van der Waals surface area contributed by atoms with Crippen molar-refractivity contribution in [2.24, 2.45) is 5.73 Å². The number of aryl methyl sites for hydroxylation is 1. The van der Waals surface area contributed by atoms with Crippen LogP contribution in [0, 0.1) is 0 Å². The maximum atomic E-state index is 5.53. The van der Waals surface area contributed by atoms with Gasteiger partial charge in [0.15, 0.2) is 0 Å². The molecule has 0 aliphatic carbocycles. The van der Waals surface area contributed by atoms with E-state index in [2.05, 4.69) is 32.0 Å². The molecule has 76 valence electrons.